The molecule has 7 nitrogen and oxygen atoms in total. The van der Waals surface area contributed by atoms with Gasteiger partial charge in [-0.15, -0.1) is 0 Å². The van der Waals surface area contributed by atoms with Crippen molar-refractivity contribution in [2.45, 2.75) is 0 Å². The summed E-state index contributed by atoms with van der Waals surface area (Å²) in [4.78, 5) is 15.3. The molecule has 0 radical (unpaired) electrons. The zero-order valence-electron chi connectivity index (χ0n) is 8.55. The highest BCUT2D eigenvalue weighted by atomic mass is 15.3. The van der Waals surface area contributed by atoms with Crippen LogP contribution in [-0.2, 0) is 7.05 Å². The monoisotopic (exact) mass is 215 g/mol. The van der Waals surface area contributed by atoms with E-state index in [4.69, 9.17) is 5.73 Å². The molecule has 0 amide bonds. The summed E-state index contributed by atoms with van der Waals surface area (Å²) < 4.78 is 1.71. The number of fused-ring (bicyclic) bond motifs is 1. The molecule has 80 valence electrons. The van der Waals surface area contributed by atoms with Gasteiger partial charge in [-0.3, -0.25) is 4.68 Å². The number of aromatic amines is 1. The normalized spacial score (nSPS) is 11.1. The van der Waals surface area contributed by atoms with Gasteiger partial charge >= 0.3 is 0 Å². The van der Waals surface area contributed by atoms with Crippen molar-refractivity contribution >= 4 is 17.0 Å². The topological polar surface area (TPSA) is 98.3 Å². The number of nitrogen functional groups attached to an aromatic ring is 1. The molecule has 16 heavy (non-hydrogen) atoms. The van der Waals surface area contributed by atoms with E-state index in [1.807, 2.05) is 19.3 Å². The van der Waals surface area contributed by atoms with E-state index in [0.717, 1.165) is 5.69 Å². The molecule has 0 saturated heterocycles. The predicted octanol–water partition coefficient (Wildman–Crippen LogP) is 0.336. The maximum atomic E-state index is 5.70. The SMILES string of the molecule is Cn1ccc(-c2nc3ncnc(N)c3[nH]2)n1. The van der Waals surface area contributed by atoms with Crippen molar-refractivity contribution in [1.82, 2.24) is 29.7 Å². The largest absolute Gasteiger partial charge is 0.382 e. The molecule has 0 bridgehead atoms. The van der Waals surface area contributed by atoms with E-state index in [1.54, 1.807) is 4.68 Å². The van der Waals surface area contributed by atoms with Crippen molar-refractivity contribution < 1.29 is 0 Å². The Morgan fingerprint density at radius 3 is 2.94 bits per heavy atom. The summed E-state index contributed by atoms with van der Waals surface area (Å²) >= 11 is 0. The van der Waals surface area contributed by atoms with E-state index in [0.29, 0.717) is 22.8 Å². The maximum absolute atomic E-state index is 5.70. The Bertz CT molecular complexity index is 651. The summed E-state index contributed by atoms with van der Waals surface area (Å²) in [6, 6.07) is 1.86. The standard InChI is InChI=1S/C9H9N7/c1-16-3-2-5(15-16)8-13-6-7(10)11-4-12-9(6)14-8/h2-4H,1H3,(H3,10,11,12,13,14). The number of rotatable bonds is 1. The van der Waals surface area contributed by atoms with Gasteiger partial charge in [-0.1, -0.05) is 0 Å². The van der Waals surface area contributed by atoms with Crippen LogP contribution < -0.4 is 5.73 Å². The number of aryl methyl sites for hydroxylation is 1. The van der Waals surface area contributed by atoms with Gasteiger partial charge in [0, 0.05) is 13.2 Å². The van der Waals surface area contributed by atoms with E-state index in [9.17, 15) is 0 Å². The molecule has 3 aromatic rings. The van der Waals surface area contributed by atoms with Crippen LogP contribution in [0.25, 0.3) is 22.7 Å². The molecule has 0 unspecified atom stereocenters. The van der Waals surface area contributed by atoms with Gasteiger partial charge in [-0.2, -0.15) is 5.10 Å². The quantitative estimate of drug-likeness (QED) is 0.609. The minimum Gasteiger partial charge on any atom is -0.382 e. The summed E-state index contributed by atoms with van der Waals surface area (Å²) in [7, 11) is 1.85. The number of anilines is 1. The minimum atomic E-state index is 0.389. The number of nitrogens with zero attached hydrogens (tertiary/aromatic N) is 5. The van der Waals surface area contributed by atoms with Crippen LogP contribution in [0.2, 0.25) is 0 Å². The van der Waals surface area contributed by atoms with Crippen LogP contribution >= 0.6 is 0 Å². The molecule has 7 heteroatoms. The van der Waals surface area contributed by atoms with E-state index in [-0.39, 0.29) is 0 Å². The zero-order valence-corrected chi connectivity index (χ0v) is 8.55. The van der Waals surface area contributed by atoms with Crippen LogP contribution in [0.4, 0.5) is 5.82 Å². The fraction of sp³-hybridized carbons (Fsp3) is 0.111. The highest BCUT2D eigenvalue weighted by Crippen LogP contribution is 2.19. The summed E-state index contributed by atoms with van der Waals surface area (Å²) in [5, 5.41) is 4.24. The second kappa shape index (κ2) is 3.02. The van der Waals surface area contributed by atoms with E-state index in [2.05, 4.69) is 25.0 Å². The van der Waals surface area contributed by atoms with Gasteiger partial charge in [-0.05, 0) is 6.07 Å². The van der Waals surface area contributed by atoms with Crippen LogP contribution in [0.3, 0.4) is 0 Å². The lowest BCUT2D eigenvalue weighted by Crippen LogP contribution is -1.91. The summed E-state index contributed by atoms with van der Waals surface area (Å²) in [5.41, 5.74) is 7.65. The number of nitrogens with two attached hydrogens (primary N) is 1. The van der Waals surface area contributed by atoms with Crippen molar-refractivity contribution in [3.63, 3.8) is 0 Å². The number of aromatic nitrogens is 6. The average molecular weight is 215 g/mol. The fourth-order valence-electron chi connectivity index (χ4n) is 1.51. The van der Waals surface area contributed by atoms with Gasteiger partial charge < -0.3 is 10.7 Å². The Hall–Kier alpha value is -2.44. The Kier molecular flexibility index (Phi) is 1.67. The predicted molar refractivity (Wildman–Crippen MR) is 58.3 cm³/mol. The van der Waals surface area contributed by atoms with Crippen LogP contribution in [-0.4, -0.2) is 29.7 Å². The molecular weight excluding hydrogens is 206 g/mol. The Balaban J connectivity index is 2.22. The highest BCUT2D eigenvalue weighted by Gasteiger charge is 2.10. The second-order valence-corrected chi connectivity index (χ2v) is 3.42. The molecule has 0 aliphatic carbocycles. The zero-order chi connectivity index (χ0) is 11.1. The van der Waals surface area contributed by atoms with Gasteiger partial charge in [-0.25, -0.2) is 15.0 Å². The molecule has 0 aliphatic rings. The maximum Gasteiger partial charge on any atom is 0.183 e. The molecule has 0 aliphatic heterocycles. The molecule has 0 spiro atoms. The van der Waals surface area contributed by atoms with E-state index in [1.165, 1.54) is 6.33 Å². The molecule has 3 rings (SSSR count). The molecule has 0 saturated carbocycles. The lowest BCUT2D eigenvalue weighted by atomic mass is 10.4. The first-order chi connectivity index (χ1) is 7.74. The lowest BCUT2D eigenvalue weighted by Gasteiger charge is -1.90. The van der Waals surface area contributed by atoms with Crippen LogP contribution in [0, 0.1) is 0 Å². The molecule has 0 aromatic carbocycles. The first kappa shape index (κ1) is 8.84. The van der Waals surface area contributed by atoms with E-state index < -0.39 is 0 Å². The van der Waals surface area contributed by atoms with Gasteiger partial charge in [0.1, 0.15) is 17.5 Å². The van der Waals surface area contributed by atoms with E-state index >= 15 is 0 Å². The van der Waals surface area contributed by atoms with Gasteiger partial charge in [0.25, 0.3) is 0 Å². The summed E-state index contributed by atoms with van der Waals surface area (Å²) in [6.07, 6.45) is 3.23. The molecule has 3 heterocycles. The number of imidazole rings is 1. The minimum absolute atomic E-state index is 0.389. The number of hydrogen-bond donors (Lipinski definition) is 2. The van der Waals surface area contributed by atoms with Crippen LogP contribution in [0.1, 0.15) is 0 Å². The second-order valence-electron chi connectivity index (χ2n) is 3.42. The molecule has 3 N–H and O–H groups in total. The molecule has 0 fully saturated rings. The summed E-state index contributed by atoms with van der Waals surface area (Å²) in [6.45, 7) is 0. The van der Waals surface area contributed by atoms with Crippen molar-refractivity contribution in [3.05, 3.63) is 18.6 Å². The Morgan fingerprint density at radius 1 is 1.38 bits per heavy atom. The third-order valence-corrected chi connectivity index (χ3v) is 2.27. The van der Waals surface area contributed by atoms with Crippen molar-refractivity contribution in [2.24, 2.45) is 7.05 Å². The number of hydrogen-bond acceptors (Lipinski definition) is 5. The van der Waals surface area contributed by atoms with Gasteiger partial charge in [0.05, 0.1) is 0 Å². The fourth-order valence-corrected chi connectivity index (χ4v) is 1.51. The number of H-pyrrole nitrogens is 1. The van der Waals surface area contributed by atoms with Gasteiger partial charge in [0.2, 0.25) is 0 Å². The van der Waals surface area contributed by atoms with Crippen molar-refractivity contribution in [1.29, 1.82) is 0 Å². The average Bonchev–Trinajstić information content (AvgIpc) is 2.84. The Labute approximate surface area is 90.4 Å². The molecular formula is C9H9N7. The Morgan fingerprint density at radius 2 is 2.25 bits per heavy atom. The molecule has 0 atom stereocenters. The third-order valence-electron chi connectivity index (χ3n) is 2.27. The third kappa shape index (κ3) is 1.22. The van der Waals surface area contributed by atoms with Gasteiger partial charge in [0.15, 0.2) is 17.3 Å². The first-order valence-electron chi connectivity index (χ1n) is 4.70. The van der Waals surface area contributed by atoms with Crippen LogP contribution in [0.5, 0.6) is 0 Å². The lowest BCUT2D eigenvalue weighted by molar-refractivity contribution is 0.769. The molecule has 3 aromatic heterocycles. The summed E-state index contributed by atoms with van der Waals surface area (Å²) in [5.74, 6) is 1.03. The van der Waals surface area contributed by atoms with Crippen LogP contribution in [0.15, 0.2) is 18.6 Å². The van der Waals surface area contributed by atoms with Crippen molar-refractivity contribution in [2.75, 3.05) is 5.73 Å². The highest BCUT2D eigenvalue weighted by molar-refractivity contribution is 5.83. The van der Waals surface area contributed by atoms with Crippen molar-refractivity contribution in [3.8, 4) is 11.5 Å². The first-order valence-corrected chi connectivity index (χ1v) is 4.70. The smallest absolute Gasteiger partial charge is 0.183 e. The number of nitrogens with one attached hydrogen (secondary N) is 1.